The maximum atomic E-state index is 10.7. The van der Waals surface area contributed by atoms with Crippen LogP contribution in [0, 0.1) is 0 Å². The van der Waals surface area contributed by atoms with Crippen molar-refractivity contribution in [1.29, 1.82) is 0 Å². The topological polar surface area (TPSA) is 291 Å². The highest BCUT2D eigenvalue weighted by Crippen LogP contribution is 2.40. The fourth-order valence-corrected chi connectivity index (χ4v) is 8.01. The molecule has 1 aliphatic carbocycles. The van der Waals surface area contributed by atoms with Crippen LogP contribution < -0.4 is 32.0 Å². The van der Waals surface area contributed by atoms with Crippen molar-refractivity contribution < 1.29 is 34.4 Å². The van der Waals surface area contributed by atoms with Crippen molar-refractivity contribution in [2.24, 2.45) is 5.73 Å². The van der Waals surface area contributed by atoms with Crippen LogP contribution in [0.3, 0.4) is 0 Å². The SMILES string of the molecule is NCCC1(O)CCC(n2nc(-c3ccc(Oc4ccccc4)cc3)c3c(N)ncnc32)CC1.Nc1ncnc2c1c(-c1ccc(Oc3ccccc3)cc1)nn2C1CNC1.O=C(O)/C=C\C(=O)O. The molecule has 1 aliphatic heterocycles. The smallest absolute Gasteiger partial charge is 0.328 e. The van der Waals surface area contributed by atoms with E-state index in [0.29, 0.717) is 49.6 Å². The number of rotatable bonds is 12. The Morgan fingerprint density at radius 3 is 1.43 bits per heavy atom. The summed E-state index contributed by atoms with van der Waals surface area (Å²) in [5.74, 6) is 1.42. The Morgan fingerprint density at radius 2 is 1.04 bits per heavy atom. The number of benzene rings is 4. The summed E-state index contributed by atoms with van der Waals surface area (Å²) in [6.45, 7) is 2.25. The van der Waals surface area contributed by atoms with Gasteiger partial charge in [-0.3, -0.25) is 0 Å². The van der Waals surface area contributed by atoms with Gasteiger partial charge >= 0.3 is 11.9 Å². The molecule has 348 valence electrons. The normalized spacial score (nSPS) is 16.8. The number of anilines is 2. The van der Waals surface area contributed by atoms with E-state index >= 15 is 0 Å². The Morgan fingerprint density at radius 1 is 0.632 bits per heavy atom. The summed E-state index contributed by atoms with van der Waals surface area (Å²) in [5.41, 5.74) is 22.3. The molecule has 2 fully saturated rings. The summed E-state index contributed by atoms with van der Waals surface area (Å²) in [7, 11) is 0. The van der Waals surface area contributed by atoms with Gasteiger partial charge in [0.15, 0.2) is 11.3 Å². The monoisotopic (exact) mass is 918 g/mol. The Hall–Kier alpha value is -8.26. The number of nitrogens with zero attached hydrogens (tertiary/aromatic N) is 8. The van der Waals surface area contributed by atoms with Crippen molar-refractivity contribution in [3.05, 3.63) is 134 Å². The molecule has 10 N–H and O–H groups in total. The zero-order chi connectivity index (χ0) is 47.6. The maximum absolute atomic E-state index is 10.7. The number of fused-ring (bicyclic) bond motifs is 2. The van der Waals surface area contributed by atoms with Crippen LogP contribution >= 0.6 is 0 Å². The number of ether oxygens (including phenoxy) is 2. The number of nitrogens with two attached hydrogens (primary N) is 3. The van der Waals surface area contributed by atoms with Gasteiger partial charge in [-0.05, 0) is 111 Å². The maximum Gasteiger partial charge on any atom is 0.328 e. The van der Waals surface area contributed by atoms with E-state index in [-0.39, 0.29) is 12.1 Å². The lowest BCUT2D eigenvalue weighted by molar-refractivity contribution is -0.134. The van der Waals surface area contributed by atoms with E-state index in [1.54, 1.807) is 0 Å². The third-order valence-corrected chi connectivity index (χ3v) is 11.6. The van der Waals surface area contributed by atoms with Gasteiger partial charge in [0.05, 0.1) is 28.5 Å². The van der Waals surface area contributed by atoms with Crippen LogP contribution in [0.5, 0.6) is 23.0 Å². The van der Waals surface area contributed by atoms with E-state index in [0.717, 1.165) is 93.5 Å². The van der Waals surface area contributed by atoms with Crippen LogP contribution in [0.15, 0.2) is 134 Å². The largest absolute Gasteiger partial charge is 0.478 e. The van der Waals surface area contributed by atoms with Crippen molar-refractivity contribution in [3.63, 3.8) is 0 Å². The van der Waals surface area contributed by atoms with Crippen LogP contribution in [0.4, 0.5) is 11.6 Å². The number of aliphatic hydroxyl groups is 1. The molecule has 19 nitrogen and oxygen atoms in total. The zero-order valence-corrected chi connectivity index (χ0v) is 36.8. The Kier molecular flexibility index (Phi) is 14.2. The molecular formula is C49H50N12O7. The van der Waals surface area contributed by atoms with Crippen LogP contribution in [0.25, 0.3) is 44.6 Å². The van der Waals surface area contributed by atoms with Gasteiger partial charge in [-0.25, -0.2) is 38.9 Å². The number of nitrogens with one attached hydrogen (secondary N) is 1. The van der Waals surface area contributed by atoms with Gasteiger partial charge < -0.3 is 47.3 Å². The van der Waals surface area contributed by atoms with E-state index in [4.69, 9.17) is 47.1 Å². The predicted octanol–water partition coefficient (Wildman–Crippen LogP) is 6.79. The Balaban J connectivity index is 0.000000161. The third kappa shape index (κ3) is 10.9. The quantitative estimate of drug-likeness (QED) is 0.0621. The summed E-state index contributed by atoms with van der Waals surface area (Å²) in [5, 5.41) is 40.9. The number of carbonyl (C=O) groups is 2. The first kappa shape index (κ1) is 46.3. The number of hydrogen-bond acceptors (Lipinski definition) is 15. The molecule has 1 saturated heterocycles. The molecule has 0 bridgehead atoms. The first-order valence-corrected chi connectivity index (χ1v) is 21.9. The molecule has 5 heterocycles. The fraction of sp³-hybridized carbons (Fsp3) is 0.224. The molecule has 0 amide bonds. The minimum Gasteiger partial charge on any atom is -0.478 e. The molecule has 0 atom stereocenters. The number of carboxylic acids is 2. The standard InChI is InChI=1S/C25H28N6O2.C20H18N6O.C4H4O4/c26-15-14-25(32)12-10-18(11-13-25)31-24-21(23(27)28-16-29-24)22(30-31)17-6-8-20(9-7-17)33-19-4-2-1-3-5-19;21-19-17-18(25-26(14-10-22-11-14)20(17)24-12-23-19)13-6-8-16(9-7-13)27-15-4-2-1-3-5-15;5-3(6)1-2-4(7)8/h1-9,16,18,32H,10-15,26H2,(H2,27,28,29);1-9,12,14,22H,10-11H2,(H2,21,23,24);1-2H,(H,5,6)(H,7,8)/b;;2-1-. The Bertz CT molecular complexity index is 2990. The summed E-state index contributed by atoms with van der Waals surface area (Å²) in [6.07, 6.45) is 7.70. The van der Waals surface area contributed by atoms with Crippen molar-refractivity contribution in [1.82, 2.24) is 44.8 Å². The molecule has 0 unspecified atom stereocenters. The molecule has 4 aromatic carbocycles. The first-order valence-electron chi connectivity index (χ1n) is 21.9. The molecule has 4 aromatic heterocycles. The van der Waals surface area contributed by atoms with Gasteiger partial charge in [0.25, 0.3) is 0 Å². The van der Waals surface area contributed by atoms with Gasteiger partial charge in [0.2, 0.25) is 0 Å². The molecule has 0 radical (unpaired) electrons. The van der Waals surface area contributed by atoms with Gasteiger partial charge in [-0.1, -0.05) is 36.4 Å². The summed E-state index contributed by atoms with van der Waals surface area (Å²) in [6, 6.07) is 35.4. The number of nitrogen functional groups attached to an aromatic ring is 2. The van der Waals surface area contributed by atoms with Crippen molar-refractivity contribution in [2.45, 2.75) is 49.8 Å². The van der Waals surface area contributed by atoms with E-state index in [2.05, 4.69) is 25.3 Å². The summed E-state index contributed by atoms with van der Waals surface area (Å²) >= 11 is 0. The Labute approximate surface area is 389 Å². The number of aliphatic carboxylic acids is 2. The highest BCUT2D eigenvalue weighted by Gasteiger charge is 2.35. The lowest BCUT2D eigenvalue weighted by Gasteiger charge is -2.36. The molecule has 19 heteroatoms. The van der Waals surface area contributed by atoms with Gasteiger partial charge in [-0.2, -0.15) is 10.2 Å². The van der Waals surface area contributed by atoms with Crippen molar-refractivity contribution in [2.75, 3.05) is 31.1 Å². The average molecular weight is 919 g/mol. The van der Waals surface area contributed by atoms with Crippen LogP contribution in [-0.2, 0) is 9.59 Å². The van der Waals surface area contributed by atoms with Crippen LogP contribution in [0.1, 0.15) is 44.2 Å². The zero-order valence-electron chi connectivity index (χ0n) is 36.8. The first-order chi connectivity index (χ1) is 33.0. The van der Waals surface area contributed by atoms with Gasteiger partial charge in [-0.15, -0.1) is 0 Å². The molecule has 10 rings (SSSR count). The van der Waals surface area contributed by atoms with Crippen LogP contribution in [0.2, 0.25) is 0 Å². The number of aromatic nitrogens is 8. The van der Waals surface area contributed by atoms with Gasteiger partial charge in [0.1, 0.15) is 58.7 Å². The average Bonchev–Trinajstić information content (AvgIpc) is 3.91. The lowest BCUT2D eigenvalue weighted by Crippen LogP contribution is -2.43. The number of para-hydroxylation sites is 2. The second kappa shape index (κ2) is 20.9. The minimum absolute atomic E-state index is 0.134. The second-order valence-corrected chi connectivity index (χ2v) is 16.2. The van der Waals surface area contributed by atoms with E-state index < -0.39 is 17.5 Å². The van der Waals surface area contributed by atoms with Crippen molar-refractivity contribution >= 4 is 45.6 Å². The highest BCUT2D eigenvalue weighted by atomic mass is 16.5. The third-order valence-electron chi connectivity index (χ3n) is 11.6. The highest BCUT2D eigenvalue weighted by molar-refractivity contribution is 5.99. The fourth-order valence-electron chi connectivity index (χ4n) is 8.01. The molecular weight excluding hydrogens is 869 g/mol. The van der Waals surface area contributed by atoms with Crippen LogP contribution in [-0.4, -0.2) is 92.0 Å². The molecule has 8 aromatic rings. The molecule has 2 aliphatic rings. The second-order valence-electron chi connectivity index (χ2n) is 16.2. The minimum atomic E-state index is -1.26. The summed E-state index contributed by atoms with van der Waals surface area (Å²) < 4.78 is 15.7. The molecule has 68 heavy (non-hydrogen) atoms. The van der Waals surface area contributed by atoms with E-state index in [9.17, 15) is 14.7 Å². The number of carboxylic acid groups (broad SMARTS) is 2. The number of hydrogen-bond donors (Lipinski definition) is 7. The van der Waals surface area contributed by atoms with E-state index in [1.165, 1.54) is 12.7 Å². The van der Waals surface area contributed by atoms with E-state index in [1.807, 2.05) is 119 Å². The summed E-state index contributed by atoms with van der Waals surface area (Å²) in [4.78, 5) is 36.4. The molecule has 1 saturated carbocycles. The lowest BCUT2D eigenvalue weighted by atomic mass is 9.80. The predicted molar refractivity (Wildman–Crippen MR) is 256 cm³/mol. The van der Waals surface area contributed by atoms with Crippen molar-refractivity contribution in [3.8, 4) is 45.5 Å². The molecule has 0 spiro atoms. The van der Waals surface area contributed by atoms with Gasteiger partial charge in [0, 0.05) is 36.4 Å².